The Morgan fingerprint density at radius 1 is 1.36 bits per heavy atom. The standard InChI is InChI=1S/C13H17ClFN5O5/c14-13-18-10(16-2-5(22)3-21)7-11(19-13)20(4-17-7)12-9(24)8(23)6(1-15)25-12/h4-6,8-9,12,21-24H,1-3H2,(H,16,18,19)/t5?,6-,8?,9?,12-/m1/s1. The van der Waals surface area contributed by atoms with E-state index in [4.69, 9.17) is 21.4 Å². The topological polar surface area (TPSA) is 146 Å². The number of hydrogen-bond acceptors (Lipinski definition) is 9. The van der Waals surface area contributed by atoms with Crippen molar-refractivity contribution in [3.63, 3.8) is 0 Å². The zero-order valence-electron chi connectivity index (χ0n) is 12.8. The summed E-state index contributed by atoms with van der Waals surface area (Å²) in [6.07, 6.45) is -4.73. The first-order valence-corrected chi connectivity index (χ1v) is 7.84. The second kappa shape index (κ2) is 7.32. The number of imidazole rings is 1. The molecule has 3 rings (SSSR count). The minimum atomic E-state index is -1.39. The molecule has 1 saturated heterocycles. The summed E-state index contributed by atoms with van der Waals surface area (Å²) in [5.41, 5.74) is 0.459. The van der Waals surface area contributed by atoms with Gasteiger partial charge < -0.3 is 30.5 Å². The first kappa shape index (κ1) is 18.2. The van der Waals surface area contributed by atoms with Gasteiger partial charge in [-0.2, -0.15) is 9.97 Å². The van der Waals surface area contributed by atoms with Crippen molar-refractivity contribution < 1.29 is 29.6 Å². The van der Waals surface area contributed by atoms with Crippen LogP contribution in [0, 0.1) is 0 Å². The first-order valence-electron chi connectivity index (χ1n) is 7.46. The number of alkyl halides is 1. The van der Waals surface area contributed by atoms with Crippen molar-refractivity contribution in [1.29, 1.82) is 0 Å². The van der Waals surface area contributed by atoms with Gasteiger partial charge in [0.05, 0.1) is 19.0 Å². The van der Waals surface area contributed by atoms with Crippen LogP contribution < -0.4 is 5.32 Å². The van der Waals surface area contributed by atoms with Gasteiger partial charge in [-0.3, -0.25) is 4.57 Å². The molecule has 0 radical (unpaired) electrons. The van der Waals surface area contributed by atoms with Gasteiger partial charge in [-0.15, -0.1) is 0 Å². The van der Waals surface area contributed by atoms with Crippen LogP contribution in [-0.4, -0.2) is 84.2 Å². The van der Waals surface area contributed by atoms with Crippen molar-refractivity contribution in [2.24, 2.45) is 0 Å². The molecule has 25 heavy (non-hydrogen) atoms. The van der Waals surface area contributed by atoms with Gasteiger partial charge >= 0.3 is 0 Å². The molecule has 1 aliphatic rings. The van der Waals surface area contributed by atoms with E-state index in [-0.39, 0.29) is 28.8 Å². The van der Waals surface area contributed by atoms with E-state index in [0.717, 1.165) is 0 Å². The number of anilines is 1. The van der Waals surface area contributed by atoms with Crippen molar-refractivity contribution in [3.8, 4) is 0 Å². The number of nitrogens with one attached hydrogen (secondary N) is 1. The van der Waals surface area contributed by atoms with Gasteiger partial charge in [0.15, 0.2) is 23.2 Å². The van der Waals surface area contributed by atoms with Crippen molar-refractivity contribution in [3.05, 3.63) is 11.6 Å². The van der Waals surface area contributed by atoms with Crippen LogP contribution in [0.2, 0.25) is 5.28 Å². The molecule has 3 unspecified atom stereocenters. The quantitative estimate of drug-likeness (QED) is 0.393. The van der Waals surface area contributed by atoms with E-state index in [9.17, 15) is 19.7 Å². The fourth-order valence-electron chi connectivity index (χ4n) is 2.56. The summed E-state index contributed by atoms with van der Waals surface area (Å²) in [6, 6.07) is 0. The van der Waals surface area contributed by atoms with Crippen molar-refractivity contribution in [2.45, 2.75) is 30.6 Å². The van der Waals surface area contributed by atoms with E-state index in [1.165, 1.54) is 10.9 Å². The van der Waals surface area contributed by atoms with Crippen molar-refractivity contribution >= 4 is 28.6 Å². The lowest BCUT2D eigenvalue weighted by atomic mass is 10.1. The molecule has 0 saturated carbocycles. The fourth-order valence-corrected chi connectivity index (χ4v) is 2.73. The van der Waals surface area contributed by atoms with Crippen LogP contribution in [0.15, 0.2) is 6.33 Å². The molecule has 1 aliphatic heterocycles. The third kappa shape index (κ3) is 3.38. The van der Waals surface area contributed by atoms with Gasteiger partial charge in [-0.05, 0) is 11.6 Å². The number of aliphatic hydroxyl groups excluding tert-OH is 4. The minimum Gasteiger partial charge on any atom is -0.394 e. The third-order valence-electron chi connectivity index (χ3n) is 3.87. The predicted molar refractivity (Wildman–Crippen MR) is 83.8 cm³/mol. The van der Waals surface area contributed by atoms with Crippen LogP contribution in [0.4, 0.5) is 10.2 Å². The van der Waals surface area contributed by atoms with Gasteiger partial charge in [0.2, 0.25) is 5.28 Å². The van der Waals surface area contributed by atoms with E-state index in [1.54, 1.807) is 0 Å². The molecule has 10 nitrogen and oxygen atoms in total. The van der Waals surface area contributed by atoms with Crippen LogP contribution in [-0.2, 0) is 4.74 Å². The summed E-state index contributed by atoms with van der Waals surface area (Å²) < 4.78 is 19.5. The highest BCUT2D eigenvalue weighted by Crippen LogP contribution is 2.33. The van der Waals surface area contributed by atoms with Gasteiger partial charge in [-0.25, -0.2) is 9.37 Å². The highest BCUT2D eigenvalue weighted by Gasteiger charge is 2.44. The smallest absolute Gasteiger partial charge is 0.226 e. The van der Waals surface area contributed by atoms with Crippen molar-refractivity contribution in [2.75, 3.05) is 25.1 Å². The van der Waals surface area contributed by atoms with Crippen LogP contribution >= 0.6 is 11.6 Å². The predicted octanol–water partition coefficient (Wildman–Crippen LogP) is -1.17. The van der Waals surface area contributed by atoms with Crippen LogP contribution in [0.25, 0.3) is 11.2 Å². The Balaban J connectivity index is 1.95. The molecule has 3 heterocycles. The Labute approximate surface area is 145 Å². The molecular weight excluding hydrogens is 361 g/mol. The fraction of sp³-hybridized carbons (Fsp3) is 0.615. The second-order valence-corrected chi connectivity index (χ2v) is 5.92. The average Bonchev–Trinajstić information content (AvgIpc) is 3.14. The van der Waals surface area contributed by atoms with Gasteiger partial charge in [0.25, 0.3) is 0 Å². The largest absolute Gasteiger partial charge is 0.394 e. The summed E-state index contributed by atoms with van der Waals surface area (Å²) in [5.74, 6) is 0.205. The molecule has 1 fully saturated rings. The summed E-state index contributed by atoms with van der Waals surface area (Å²) in [7, 11) is 0. The average molecular weight is 378 g/mol. The Morgan fingerprint density at radius 3 is 2.76 bits per heavy atom. The van der Waals surface area contributed by atoms with Crippen LogP contribution in [0.3, 0.4) is 0 Å². The molecule has 0 aliphatic carbocycles. The lowest BCUT2D eigenvalue weighted by Crippen LogP contribution is -2.32. The maximum Gasteiger partial charge on any atom is 0.226 e. The molecule has 138 valence electrons. The van der Waals surface area contributed by atoms with Gasteiger partial charge in [-0.1, -0.05) is 0 Å². The number of halogens is 2. The maximum atomic E-state index is 12.9. The summed E-state index contributed by atoms with van der Waals surface area (Å²) in [5, 5.41) is 40.8. The molecule has 0 bridgehead atoms. The molecule has 5 N–H and O–H groups in total. The number of aliphatic hydroxyl groups is 4. The number of aromatic nitrogens is 4. The number of ether oxygens (including phenoxy) is 1. The summed E-state index contributed by atoms with van der Waals surface area (Å²) in [6.45, 7) is -1.39. The molecule has 2 aromatic rings. The van der Waals surface area contributed by atoms with E-state index < -0.39 is 43.9 Å². The molecule has 5 atom stereocenters. The monoisotopic (exact) mass is 377 g/mol. The Kier molecular flexibility index (Phi) is 5.32. The molecule has 0 aromatic carbocycles. The molecule has 2 aromatic heterocycles. The zero-order chi connectivity index (χ0) is 18.1. The van der Waals surface area contributed by atoms with E-state index in [1.807, 2.05) is 0 Å². The SMILES string of the molecule is OCC(O)CNc1nc(Cl)nc2c1ncn2[C@@H]1O[C@H](CF)C(O)C1O. The highest BCUT2D eigenvalue weighted by molar-refractivity contribution is 6.28. The Morgan fingerprint density at radius 2 is 2.12 bits per heavy atom. The van der Waals surface area contributed by atoms with E-state index in [0.29, 0.717) is 0 Å². The molecule has 0 spiro atoms. The number of nitrogens with zero attached hydrogens (tertiary/aromatic N) is 4. The molecule has 12 heteroatoms. The second-order valence-electron chi connectivity index (χ2n) is 5.58. The molecule has 0 amide bonds. The normalized spacial score (nSPS) is 27.8. The van der Waals surface area contributed by atoms with Gasteiger partial charge in [0, 0.05) is 6.54 Å². The van der Waals surface area contributed by atoms with Crippen LogP contribution in [0.1, 0.15) is 6.23 Å². The van der Waals surface area contributed by atoms with E-state index >= 15 is 0 Å². The Hall–Kier alpha value is -1.63. The highest BCUT2D eigenvalue weighted by atomic mass is 35.5. The maximum absolute atomic E-state index is 12.9. The number of fused-ring (bicyclic) bond motifs is 1. The lowest BCUT2D eigenvalue weighted by molar-refractivity contribution is -0.0409. The van der Waals surface area contributed by atoms with Gasteiger partial charge in [0.1, 0.15) is 25.0 Å². The minimum absolute atomic E-state index is 0.00298. The summed E-state index contributed by atoms with van der Waals surface area (Å²) in [4.78, 5) is 12.1. The van der Waals surface area contributed by atoms with E-state index in [2.05, 4.69) is 20.3 Å². The number of rotatable bonds is 6. The Bertz CT molecular complexity index is 749. The third-order valence-corrected chi connectivity index (χ3v) is 4.04. The lowest BCUT2D eigenvalue weighted by Gasteiger charge is -2.16. The zero-order valence-corrected chi connectivity index (χ0v) is 13.6. The first-order chi connectivity index (χ1) is 12.0. The summed E-state index contributed by atoms with van der Waals surface area (Å²) >= 11 is 5.90. The van der Waals surface area contributed by atoms with Crippen LogP contribution in [0.5, 0.6) is 0 Å². The van der Waals surface area contributed by atoms with Crippen molar-refractivity contribution in [1.82, 2.24) is 19.5 Å². The number of hydrogen-bond donors (Lipinski definition) is 5. The molecular formula is C13H17ClFN5O5.